The van der Waals surface area contributed by atoms with Crippen molar-refractivity contribution < 1.29 is 9.47 Å². The van der Waals surface area contributed by atoms with Gasteiger partial charge < -0.3 is 9.47 Å². The lowest BCUT2D eigenvalue weighted by Gasteiger charge is -2.28. The fourth-order valence-corrected chi connectivity index (χ4v) is 3.04. The predicted molar refractivity (Wildman–Crippen MR) is 69.0 cm³/mol. The minimum Gasteiger partial charge on any atom is -0.342 e. The highest BCUT2D eigenvalue weighted by molar-refractivity contribution is 5.74. The molecule has 1 aliphatic carbocycles. The molecule has 0 saturated carbocycles. The summed E-state index contributed by atoms with van der Waals surface area (Å²) in [5, 5.41) is 0. The van der Waals surface area contributed by atoms with Crippen molar-refractivity contribution in [2.45, 2.75) is 25.4 Å². The summed E-state index contributed by atoms with van der Waals surface area (Å²) in [5.41, 5.74) is 5.02. The monoisotopic (exact) mass is 238 g/mol. The molecular weight excluding hydrogens is 224 g/mol. The molecule has 2 atom stereocenters. The van der Waals surface area contributed by atoms with Gasteiger partial charge in [0.15, 0.2) is 6.29 Å². The van der Waals surface area contributed by atoms with E-state index in [2.05, 4.69) is 48.5 Å². The summed E-state index contributed by atoms with van der Waals surface area (Å²) in [6.07, 6.45) is -0.0728. The Kier molecular flexibility index (Phi) is 2.10. The minimum atomic E-state index is -0.140. The van der Waals surface area contributed by atoms with Gasteiger partial charge in [0.1, 0.15) is 12.2 Å². The van der Waals surface area contributed by atoms with Crippen LogP contribution in [0.25, 0.3) is 11.1 Å². The van der Waals surface area contributed by atoms with Crippen LogP contribution in [0.4, 0.5) is 0 Å². The largest absolute Gasteiger partial charge is 0.342 e. The second kappa shape index (κ2) is 3.67. The quantitative estimate of drug-likeness (QED) is 0.694. The molecule has 2 aliphatic rings. The summed E-state index contributed by atoms with van der Waals surface area (Å²) in [4.78, 5) is 0. The van der Waals surface area contributed by atoms with E-state index in [-0.39, 0.29) is 18.5 Å². The van der Waals surface area contributed by atoms with Gasteiger partial charge in [-0.15, -0.1) is 0 Å². The maximum atomic E-state index is 5.93. The van der Waals surface area contributed by atoms with E-state index in [0.29, 0.717) is 0 Å². The van der Waals surface area contributed by atoms with Crippen molar-refractivity contribution in [2.24, 2.45) is 0 Å². The van der Waals surface area contributed by atoms with Gasteiger partial charge in [-0.25, -0.2) is 0 Å². The number of benzene rings is 2. The van der Waals surface area contributed by atoms with Crippen LogP contribution in [0.1, 0.15) is 30.3 Å². The van der Waals surface area contributed by atoms with Gasteiger partial charge in [0.05, 0.1) is 0 Å². The lowest BCUT2D eigenvalue weighted by molar-refractivity contribution is -0.0511. The van der Waals surface area contributed by atoms with E-state index in [4.69, 9.17) is 9.47 Å². The van der Waals surface area contributed by atoms with Gasteiger partial charge in [-0.1, -0.05) is 48.5 Å². The molecule has 2 heteroatoms. The van der Waals surface area contributed by atoms with Gasteiger partial charge in [-0.05, 0) is 29.2 Å². The summed E-state index contributed by atoms with van der Waals surface area (Å²) in [6.45, 7) is 1.96. The summed E-state index contributed by atoms with van der Waals surface area (Å²) in [5.74, 6) is 0. The van der Waals surface area contributed by atoms with Crippen molar-refractivity contribution >= 4 is 0 Å². The van der Waals surface area contributed by atoms with E-state index in [1.54, 1.807) is 0 Å². The molecule has 4 rings (SSSR count). The van der Waals surface area contributed by atoms with Gasteiger partial charge in [-0.3, -0.25) is 0 Å². The molecule has 2 unspecified atom stereocenters. The molecule has 1 heterocycles. The van der Waals surface area contributed by atoms with Crippen LogP contribution in [-0.4, -0.2) is 6.29 Å². The van der Waals surface area contributed by atoms with E-state index in [9.17, 15) is 0 Å². The molecule has 2 nitrogen and oxygen atoms in total. The zero-order valence-corrected chi connectivity index (χ0v) is 10.2. The molecule has 2 aromatic rings. The van der Waals surface area contributed by atoms with Crippen LogP contribution in [0.5, 0.6) is 0 Å². The molecule has 2 aromatic carbocycles. The van der Waals surface area contributed by atoms with Crippen LogP contribution < -0.4 is 0 Å². The Labute approximate surface area is 106 Å². The van der Waals surface area contributed by atoms with Gasteiger partial charge in [0, 0.05) is 0 Å². The Balaban J connectivity index is 2.00. The van der Waals surface area contributed by atoms with Gasteiger partial charge >= 0.3 is 0 Å². The van der Waals surface area contributed by atoms with Crippen LogP contribution in [0.2, 0.25) is 0 Å². The van der Waals surface area contributed by atoms with E-state index in [0.717, 1.165) is 0 Å². The molecule has 0 radical (unpaired) electrons. The standard InChI is InChI=1S/C16H14O2/c1-10-17-15-13-8-4-2-6-11(13)12-7-3-5-9-14(12)16(15)18-10/h2-10,15-16H,1H3. The van der Waals surface area contributed by atoms with Crippen LogP contribution in [0.15, 0.2) is 48.5 Å². The van der Waals surface area contributed by atoms with Crippen molar-refractivity contribution in [2.75, 3.05) is 0 Å². The molecule has 0 spiro atoms. The minimum absolute atomic E-state index is 0.0334. The van der Waals surface area contributed by atoms with Crippen molar-refractivity contribution in [1.82, 2.24) is 0 Å². The number of ether oxygens (including phenoxy) is 2. The highest BCUT2D eigenvalue weighted by Gasteiger charge is 2.41. The van der Waals surface area contributed by atoms with E-state index in [1.165, 1.54) is 22.3 Å². The summed E-state index contributed by atoms with van der Waals surface area (Å²) in [6, 6.07) is 16.9. The topological polar surface area (TPSA) is 18.5 Å². The molecule has 18 heavy (non-hydrogen) atoms. The highest BCUT2D eigenvalue weighted by Crippen LogP contribution is 2.51. The third-order valence-corrected chi connectivity index (χ3v) is 3.78. The Morgan fingerprint density at radius 1 is 0.722 bits per heavy atom. The van der Waals surface area contributed by atoms with Gasteiger partial charge in [-0.2, -0.15) is 0 Å². The maximum absolute atomic E-state index is 5.93. The van der Waals surface area contributed by atoms with Crippen LogP contribution in [0.3, 0.4) is 0 Å². The Morgan fingerprint density at radius 3 is 1.67 bits per heavy atom. The Bertz CT molecular complexity index is 552. The summed E-state index contributed by atoms with van der Waals surface area (Å²) < 4.78 is 11.9. The third-order valence-electron chi connectivity index (χ3n) is 3.78. The number of hydrogen-bond donors (Lipinski definition) is 0. The Hall–Kier alpha value is -1.64. The first kappa shape index (κ1) is 10.3. The zero-order chi connectivity index (χ0) is 12.1. The van der Waals surface area contributed by atoms with E-state index < -0.39 is 0 Å². The second-order valence-corrected chi connectivity index (χ2v) is 4.86. The predicted octanol–water partition coefficient (Wildman–Crippen LogP) is 3.84. The Morgan fingerprint density at radius 2 is 1.17 bits per heavy atom. The van der Waals surface area contributed by atoms with Crippen molar-refractivity contribution in [1.29, 1.82) is 0 Å². The first-order valence-corrected chi connectivity index (χ1v) is 6.34. The molecule has 0 bridgehead atoms. The second-order valence-electron chi connectivity index (χ2n) is 4.86. The van der Waals surface area contributed by atoms with Gasteiger partial charge in [0.25, 0.3) is 0 Å². The maximum Gasteiger partial charge on any atom is 0.156 e. The number of rotatable bonds is 0. The molecule has 1 aliphatic heterocycles. The molecular formula is C16H14O2. The first-order valence-electron chi connectivity index (χ1n) is 6.34. The average Bonchev–Trinajstić information content (AvgIpc) is 2.81. The first-order chi connectivity index (χ1) is 8.84. The lowest BCUT2D eigenvalue weighted by Crippen LogP contribution is -2.14. The fourth-order valence-electron chi connectivity index (χ4n) is 3.04. The van der Waals surface area contributed by atoms with Crippen LogP contribution >= 0.6 is 0 Å². The highest BCUT2D eigenvalue weighted by atomic mass is 16.7. The lowest BCUT2D eigenvalue weighted by atomic mass is 9.82. The van der Waals surface area contributed by atoms with Crippen LogP contribution in [0, 0.1) is 0 Å². The summed E-state index contributed by atoms with van der Waals surface area (Å²) in [7, 11) is 0. The number of fused-ring (bicyclic) bond motifs is 6. The van der Waals surface area contributed by atoms with E-state index in [1.807, 2.05) is 6.92 Å². The molecule has 1 fully saturated rings. The number of hydrogen-bond acceptors (Lipinski definition) is 2. The van der Waals surface area contributed by atoms with Crippen molar-refractivity contribution in [3.05, 3.63) is 59.7 Å². The summed E-state index contributed by atoms with van der Waals surface area (Å²) >= 11 is 0. The molecule has 1 saturated heterocycles. The van der Waals surface area contributed by atoms with Crippen molar-refractivity contribution in [3.8, 4) is 11.1 Å². The third kappa shape index (κ3) is 1.30. The SMILES string of the molecule is CC1OC2c3ccccc3-c3ccccc3C2O1. The van der Waals surface area contributed by atoms with Crippen LogP contribution in [-0.2, 0) is 9.47 Å². The zero-order valence-electron chi connectivity index (χ0n) is 10.2. The van der Waals surface area contributed by atoms with Crippen molar-refractivity contribution in [3.63, 3.8) is 0 Å². The molecule has 0 amide bonds. The fraction of sp³-hybridized carbons (Fsp3) is 0.250. The molecule has 0 N–H and O–H groups in total. The normalized spacial score (nSPS) is 28.4. The smallest absolute Gasteiger partial charge is 0.156 e. The van der Waals surface area contributed by atoms with E-state index >= 15 is 0 Å². The average molecular weight is 238 g/mol. The molecule has 90 valence electrons. The molecule has 0 aromatic heterocycles. The van der Waals surface area contributed by atoms with Gasteiger partial charge in [0.2, 0.25) is 0 Å².